The standard InChI is InChI=1S/C38H53N7O4/c1-43(2)15-7-8-30(35-28(13-16-44(3)4)31-20-24(9-11-33(31)41-35)18-26-22-48-37(46)39-26)36-29(14-17-45(5)6)32-21-25(10-12-34(32)42-36)19-27-23-49-38(47)40-27/h9-12,20-21,26-27,30,41-42H,7-8,13-19,22-23H2,1-6H3,(H,39,46)(H,40,47)/t26-,27+,30?. The number of likely N-dealkylation sites (N-methyl/N-ethyl adjacent to an activating group) is 2. The molecule has 1 unspecified atom stereocenters. The van der Waals surface area contributed by atoms with Crippen LogP contribution in [-0.4, -0.2) is 124 Å². The summed E-state index contributed by atoms with van der Waals surface area (Å²) in [6.07, 6.45) is 4.70. The summed E-state index contributed by atoms with van der Waals surface area (Å²) in [4.78, 5) is 38.1. The summed E-state index contributed by atoms with van der Waals surface area (Å²) in [5.74, 6) is 0.144. The molecule has 6 rings (SSSR count). The van der Waals surface area contributed by atoms with Gasteiger partial charge in [0, 0.05) is 52.2 Å². The largest absolute Gasteiger partial charge is 0.447 e. The molecular weight excluding hydrogens is 618 g/mol. The summed E-state index contributed by atoms with van der Waals surface area (Å²) in [6, 6.07) is 13.4. The Hall–Kier alpha value is -4.06. The van der Waals surface area contributed by atoms with Gasteiger partial charge in [0.25, 0.3) is 0 Å². The molecule has 2 aliphatic rings. The highest BCUT2D eigenvalue weighted by Crippen LogP contribution is 2.40. The first-order valence-corrected chi connectivity index (χ1v) is 17.6. The molecule has 264 valence electrons. The average Bonchev–Trinajstić information content (AvgIpc) is 3.82. The highest BCUT2D eigenvalue weighted by molar-refractivity contribution is 5.88. The van der Waals surface area contributed by atoms with Crippen LogP contribution in [0, 0.1) is 0 Å². The number of H-pyrrole nitrogens is 2. The number of carbonyl (C=O) groups excluding carboxylic acids is 2. The van der Waals surface area contributed by atoms with Gasteiger partial charge in [0.2, 0.25) is 0 Å². The molecule has 4 N–H and O–H groups in total. The molecule has 0 bridgehead atoms. The van der Waals surface area contributed by atoms with Crippen molar-refractivity contribution in [1.29, 1.82) is 0 Å². The van der Waals surface area contributed by atoms with Crippen LogP contribution in [0.1, 0.15) is 52.4 Å². The van der Waals surface area contributed by atoms with E-state index in [-0.39, 0.29) is 30.2 Å². The predicted octanol–water partition coefficient (Wildman–Crippen LogP) is 4.63. The minimum Gasteiger partial charge on any atom is -0.447 e. The van der Waals surface area contributed by atoms with Crippen molar-refractivity contribution in [3.05, 3.63) is 70.0 Å². The molecule has 0 saturated carbocycles. The van der Waals surface area contributed by atoms with E-state index in [1.807, 2.05) is 0 Å². The number of amides is 2. The van der Waals surface area contributed by atoms with Crippen molar-refractivity contribution >= 4 is 34.0 Å². The van der Waals surface area contributed by atoms with Gasteiger partial charge >= 0.3 is 12.2 Å². The molecule has 2 saturated heterocycles. The maximum Gasteiger partial charge on any atom is 0.407 e. The van der Waals surface area contributed by atoms with Crippen LogP contribution in [0.15, 0.2) is 36.4 Å². The summed E-state index contributed by atoms with van der Waals surface area (Å²) in [5, 5.41) is 8.38. The topological polar surface area (TPSA) is 118 Å². The highest BCUT2D eigenvalue weighted by atomic mass is 16.6. The summed E-state index contributed by atoms with van der Waals surface area (Å²) in [6.45, 7) is 3.68. The Balaban J connectivity index is 1.45. The molecule has 2 fully saturated rings. The Kier molecular flexibility index (Phi) is 10.8. The van der Waals surface area contributed by atoms with Gasteiger partial charge in [0.15, 0.2) is 0 Å². The molecule has 4 aromatic rings. The van der Waals surface area contributed by atoms with Crippen molar-refractivity contribution in [3.63, 3.8) is 0 Å². The van der Waals surface area contributed by atoms with Crippen molar-refractivity contribution in [1.82, 2.24) is 35.3 Å². The Bertz CT molecular complexity index is 1650. The first-order chi connectivity index (χ1) is 23.5. The number of hydrogen-bond donors (Lipinski definition) is 4. The fraction of sp³-hybridized carbons (Fsp3) is 0.526. The first-order valence-electron chi connectivity index (χ1n) is 17.6. The SMILES string of the molecule is CN(C)CCCC(c1[nH]c2ccc(C[C@H]3COC(=O)N3)cc2c1CCN(C)C)c1[nH]c2ccc(C[C@@H]3COC(=O)N3)cc2c1CCN(C)C. The van der Waals surface area contributed by atoms with Gasteiger partial charge in [-0.2, -0.15) is 0 Å². The number of carbonyl (C=O) groups is 2. The lowest BCUT2D eigenvalue weighted by Gasteiger charge is -2.22. The van der Waals surface area contributed by atoms with Gasteiger partial charge in [-0.25, -0.2) is 9.59 Å². The number of rotatable bonds is 16. The maximum atomic E-state index is 11.7. The van der Waals surface area contributed by atoms with Crippen molar-refractivity contribution < 1.29 is 19.1 Å². The zero-order chi connectivity index (χ0) is 34.7. The summed E-state index contributed by atoms with van der Waals surface area (Å²) >= 11 is 0. The lowest BCUT2D eigenvalue weighted by Crippen LogP contribution is -2.28. The minimum atomic E-state index is -0.336. The van der Waals surface area contributed by atoms with Crippen LogP contribution < -0.4 is 10.6 Å². The van der Waals surface area contributed by atoms with E-state index in [9.17, 15) is 9.59 Å². The lowest BCUT2D eigenvalue weighted by molar-refractivity contribution is 0.176. The van der Waals surface area contributed by atoms with E-state index in [1.54, 1.807) is 0 Å². The van der Waals surface area contributed by atoms with Gasteiger partial charge in [-0.05, 0) is 134 Å². The molecule has 11 nitrogen and oxygen atoms in total. The number of hydrogen-bond acceptors (Lipinski definition) is 7. The number of nitrogens with one attached hydrogen (secondary N) is 4. The fourth-order valence-electron chi connectivity index (χ4n) is 7.38. The molecule has 0 radical (unpaired) electrons. The van der Waals surface area contributed by atoms with Gasteiger partial charge in [-0.1, -0.05) is 12.1 Å². The zero-order valence-corrected chi connectivity index (χ0v) is 29.9. The Morgan fingerprint density at radius 3 is 1.51 bits per heavy atom. The molecular formula is C38H53N7O4. The first kappa shape index (κ1) is 34.8. The van der Waals surface area contributed by atoms with Crippen LogP contribution in [0.2, 0.25) is 0 Å². The Labute approximate surface area is 289 Å². The number of aromatic amines is 2. The van der Waals surface area contributed by atoms with Crippen LogP contribution in [0.4, 0.5) is 9.59 Å². The molecule has 49 heavy (non-hydrogen) atoms. The third kappa shape index (κ3) is 8.40. The summed E-state index contributed by atoms with van der Waals surface area (Å²) in [5.41, 5.74) is 9.97. The fourth-order valence-corrected chi connectivity index (χ4v) is 7.38. The van der Waals surface area contributed by atoms with E-state index in [4.69, 9.17) is 9.47 Å². The van der Waals surface area contributed by atoms with E-state index in [0.29, 0.717) is 13.2 Å². The van der Waals surface area contributed by atoms with Crippen LogP contribution in [0.5, 0.6) is 0 Å². The maximum absolute atomic E-state index is 11.7. The van der Waals surface area contributed by atoms with Crippen molar-refractivity contribution in [3.8, 4) is 0 Å². The predicted molar refractivity (Wildman–Crippen MR) is 195 cm³/mol. The van der Waals surface area contributed by atoms with Crippen molar-refractivity contribution in [2.24, 2.45) is 0 Å². The molecule has 0 aliphatic carbocycles. The number of fused-ring (bicyclic) bond motifs is 2. The van der Waals surface area contributed by atoms with E-state index in [2.05, 4.69) is 114 Å². The van der Waals surface area contributed by atoms with Gasteiger partial charge in [-0.15, -0.1) is 0 Å². The normalized spacial score (nSPS) is 18.6. The van der Waals surface area contributed by atoms with Crippen molar-refractivity contribution in [2.45, 2.75) is 56.5 Å². The Morgan fingerprint density at radius 1 is 0.673 bits per heavy atom. The monoisotopic (exact) mass is 671 g/mol. The summed E-state index contributed by atoms with van der Waals surface area (Å²) in [7, 11) is 12.8. The van der Waals surface area contributed by atoms with E-state index >= 15 is 0 Å². The lowest BCUT2D eigenvalue weighted by atomic mass is 9.87. The zero-order valence-electron chi connectivity index (χ0n) is 29.9. The average molecular weight is 672 g/mol. The molecule has 2 aromatic heterocycles. The third-order valence-electron chi connectivity index (χ3n) is 9.86. The number of nitrogens with zero attached hydrogens (tertiary/aromatic N) is 3. The number of benzene rings is 2. The van der Waals surface area contributed by atoms with Gasteiger partial charge in [-0.3, -0.25) is 0 Å². The smallest absolute Gasteiger partial charge is 0.407 e. The van der Waals surface area contributed by atoms with Gasteiger partial charge < -0.3 is 44.8 Å². The van der Waals surface area contributed by atoms with Crippen molar-refractivity contribution in [2.75, 3.05) is 75.1 Å². The summed E-state index contributed by atoms with van der Waals surface area (Å²) < 4.78 is 10.3. The molecule has 11 heteroatoms. The van der Waals surface area contributed by atoms with Gasteiger partial charge in [0.1, 0.15) is 13.2 Å². The number of cyclic esters (lactones) is 2. The van der Waals surface area contributed by atoms with Crippen LogP contribution >= 0.6 is 0 Å². The van der Waals surface area contributed by atoms with Gasteiger partial charge in [0.05, 0.1) is 12.1 Å². The molecule has 0 spiro atoms. The molecule has 2 aliphatic heterocycles. The number of aromatic nitrogens is 2. The Morgan fingerprint density at radius 2 is 1.12 bits per heavy atom. The van der Waals surface area contributed by atoms with E-state index < -0.39 is 0 Å². The highest BCUT2D eigenvalue weighted by Gasteiger charge is 2.29. The second kappa shape index (κ2) is 15.2. The quantitative estimate of drug-likeness (QED) is 0.137. The molecule has 4 heterocycles. The second-order valence-corrected chi connectivity index (χ2v) is 14.7. The molecule has 2 amide bonds. The minimum absolute atomic E-state index is 0.0136. The van der Waals surface area contributed by atoms with Crippen LogP contribution in [-0.2, 0) is 35.2 Å². The molecule has 3 atom stereocenters. The second-order valence-electron chi connectivity index (χ2n) is 14.7. The number of alkyl carbamates (subject to hydrolysis) is 2. The third-order valence-corrected chi connectivity index (χ3v) is 9.86. The van der Waals surface area contributed by atoms with E-state index in [0.717, 1.165) is 69.2 Å². The molecule has 2 aromatic carbocycles. The van der Waals surface area contributed by atoms with E-state index in [1.165, 1.54) is 44.4 Å². The number of ether oxygens (including phenoxy) is 2. The van der Waals surface area contributed by atoms with Crippen LogP contribution in [0.3, 0.4) is 0 Å². The van der Waals surface area contributed by atoms with Crippen LogP contribution in [0.25, 0.3) is 21.8 Å².